The van der Waals surface area contributed by atoms with Crippen LogP contribution in [0.1, 0.15) is 23.2 Å². The topological polar surface area (TPSA) is 80.5 Å². The van der Waals surface area contributed by atoms with E-state index in [-0.39, 0.29) is 23.2 Å². The molecule has 118 valence electrons. The summed E-state index contributed by atoms with van der Waals surface area (Å²) in [6.45, 7) is 2.02. The summed E-state index contributed by atoms with van der Waals surface area (Å²) in [5.41, 5.74) is 6.19. The van der Waals surface area contributed by atoms with Crippen LogP contribution in [0.15, 0.2) is 29.2 Å². The Kier molecular flexibility index (Phi) is 6.19. The number of hydrogen-bond donors (Lipinski definition) is 1. The number of benzene rings is 1. The molecule has 0 bridgehead atoms. The largest absolute Gasteiger partial charge is 0.338 e. The number of likely N-dealkylation sites (tertiary alicyclic amines) is 1. The highest BCUT2D eigenvalue weighted by Crippen LogP contribution is 2.18. The van der Waals surface area contributed by atoms with Gasteiger partial charge in [-0.05, 0) is 49.6 Å². The minimum Gasteiger partial charge on any atom is -0.338 e. The molecule has 1 saturated heterocycles. The first-order valence-corrected chi connectivity index (χ1v) is 8.60. The van der Waals surface area contributed by atoms with Crippen molar-refractivity contribution in [2.45, 2.75) is 17.7 Å². The number of halogens is 1. The minimum atomic E-state index is -3.22. The van der Waals surface area contributed by atoms with Crippen molar-refractivity contribution < 1.29 is 13.2 Å². The summed E-state index contributed by atoms with van der Waals surface area (Å²) in [6, 6.07) is 6.11. The van der Waals surface area contributed by atoms with Gasteiger partial charge in [0.15, 0.2) is 9.84 Å². The zero-order valence-electron chi connectivity index (χ0n) is 12.0. The van der Waals surface area contributed by atoms with Gasteiger partial charge in [-0.2, -0.15) is 0 Å². The lowest BCUT2D eigenvalue weighted by atomic mass is 9.97. The predicted molar refractivity (Wildman–Crippen MR) is 84.5 cm³/mol. The van der Waals surface area contributed by atoms with Crippen LogP contribution in [0, 0.1) is 5.92 Å². The van der Waals surface area contributed by atoms with E-state index in [9.17, 15) is 13.2 Å². The molecule has 1 aromatic rings. The maximum absolute atomic E-state index is 12.4. The van der Waals surface area contributed by atoms with Gasteiger partial charge in [-0.25, -0.2) is 8.42 Å². The van der Waals surface area contributed by atoms with E-state index in [0.29, 0.717) is 24.6 Å². The van der Waals surface area contributed by atoms with Gasteiger partial charge >= 0.3 is 0 Å². The van der Waals surface area contributed by atoms with E-state index in [4.69, 9.17) is 5.73 Å². The molecular formula is C14H21ClN2O3S. The van der Waals surface area contributed by atoms with Gasteiger partial charge in [0.2, 0.25) is 0 Å². The zero-order chi connectivity index (χ0) is 14.8. The molecule has 5 nitrogen and oxygen atoms in total. The van der Waals surface area contributed by atoms with Gasteiger partial charge in [-0.3, -0.25) is 4.79 Å². The second-order valence-electron chi connectivity index (χ2n) is 5.29. The van der Waals surface area contributed by atoms with Crippen LogP contribution in [-0.2, 0) is 9.84 Å². The Bertz CT molecular complexity index is 587. The summed E-state index contributed by atoms with van der Waals surface area (Å²) in [6.07, 6.45) is 3.18. The number of sulfone groups is 1. The molecule has 0 aliphatic carbocycles. The number of hydrogen-bond acceptors (Lipinski definition) is 4. The molecule has 1 aliphatic rings. The van der Waals surface area contributed by atoms with E-state index in [2.05, 4.69) is 0 Å². The molecular weight excluding hydrogens is 312 g/mol. The van der Waals surface area contributed by atoms with E-state index in [1.807, 2.05) is 0 Å². The number of carbonyl (C=O) groups is 1. The first-order valence-electron chi connectivity index (χ1n) is 6.71. The molecule has 21 heavy (non-hydrogen) atoms. The fourth-order valence-electron chi connectivity index (χ4n) is 2.47. The van der Waals surface area contributed by atoms with Crippen LogP contribution >= 0.6 is 12.4 Å². The quantitative estimate of drug-likeness (QED) is 0.905. The molecule has 0 radical (unpaired) electrons. The lowest BCUT2D eigenvalue weighted by Gasteiger charge is -2.32. The average molecular weight is 333 g/mol. The smallest absolute Gasteiger partial charge is 0.253 e. The third-order valence-corrected chi connectivity index (χ3v) is 4.80. The lowest BCUT2D eigenvalue weighted by molar-refractivity contribution is 0.0678. The van der Waals surface area contributed by atoms with Crippen molar-refractivity contribution in [1.82, 2.24) is 4.90 Å². The number of piperidine rings is 1. The van der Waals surface area contributed by atoms with Crippen LogP contribution in [0.2, 0.25) is 0 Å². The van der Waals surface area contributed by atoms with E-state index in [1.165, 1.54) is 12.1 Å². The van der Waals surface area contributed by atoms with Crippen molar-refractivity contribution in [3.05, 3.63) is 29.8 Å². The number of nitrogens with two attached hydrogens (primary N) is 1. The van der Waals surface area contributed by atoms with Crippen LogP contribution in [0.4, 0.5) is 0 Å². The summed E-state index contributed by atoms with van der Waals surface area (Å²) >= 11 is 0. The predicted octanol–water partition coefficient (Wildman–Crippen LogP) is 1.32. The summed E-state index contributed by atoms with van der Waals surface area (Å²) in [7, 11) is -3.22. The van der Waals surface area contributed by atoms with Gasteiger partial charge in [-0.1, -0.05) is 0 Å². The molecule has 1 unspecified atom stereocenters. The second-order valence-corrected chi connectivity index (χ2v) is 7.31. The number of carbonyl (C=O) groups excluding carboxylic acids is 1. The highest BCUT2D eigenvalue weighted by atomic mass is 35.5. The van der Waals surface area contributed by atoms with Crippen molar-refractivity contribution in [3.63, 3.8) is 0 Å². The Labute approximate surface area is 131 Å². The van der Waals surface area contributed by atoms with Gasteiger partial charge < -0.3 is 10.6 Å². The number of amides is 1. The Morgan fingerprint density at radius 1 is 1.33 bits per heavy atom. The fraction of sp³-hybridized carbons (Fsp3) is 0.500. The Balaban J connectivity index is 0.00000220. The lowest BCUT2D eigenvalue weighted by Crippen LogP contribution is -2.42. The summed E-state index contributed by atoms with van der Waals surface area (Å²) in [5, 5.41) is 0. The van der Waals surface area contributed by atoms with Crippen LogP contribution in [0.5, 0.6) is 0 Å². The maximum Gasteiger partial charge on any atom is 0.253 e. The summed E-state index contributed by atoms with van der Waals surface area (Å²) in [5.74, 6) is 0.311. The van der Waals surface area contributed by atoms with E-state index in [1.54, 1.807) is 17.0 Å². The Morgan fingerprint density at radius 3 is 2.48 bits per heavy atom. The second kappa shape index (κ2) is 7.24. The van der Waals surface area contributed by atoms with Gasteiger partial charge in [-0.15, -0.1) is 12.4 Å². The van der Waals surface area contributed by atoms with Gasteiger partial charge in [0.25, 0.3) is 5.91 Å². The third kappa shape index (κ3) is 4.43. The molecule has 0 spiro atoms. The normalized spacial score (nSPS) is 19.0. The molecule has 1 amide bonds. The number of rotatable bonds is 3. The van der Waals surface area contributed by atoms with Gasteiger partial charge in [0, 0.05) is 24.9 Å². The fourth-order valence-corrected chi connectivity index (χ4v) is 3.10. The minimum absolute atomic E-state index is 0. The molecule has 0 saturated carbocycles. The summed E-state index contributed by atoms with van der Waals surface area (Å²) in [4.78, 5) is 14.4. The van der Waals surface area contributed by atoms with Gasteiger partial charge in [0.1, 0.15) is 0 Å². The monoisotopic (exact) mass is 332 g/mol. The van der Waals surface area contributed by atoms with E-state index >= 15 is 0 Å². The van der Waals surface area contributed by atoms with Crippen LogP contribution in [0.3, 0.4) is 0 Å². The van der Waals surface area contributed by atoms with E-state index < -0.39 is 9.84 Å². The third-order valence-electron chi connectivity index (χ3n) is 3.67. The standard InChI is InChI=1S/C14H20N2O3S.ClH/c1-20(18,19)13-6-4-12(5-7-13)14(17)16-8-2-3-11(9-15)10-16;/h4-7,11H,2-3,8-10,15H2,1H3;1H. The SMILES string of the molecule is CS(=O)(=O)c1ccc(C(=O)N2CCCC(CN)C2)cc1.Cl. The van der Waals surface area contributed by atoms with Crippen LogP contribution < -0.4 is 5.73 Å². The highest BCUT2D eigenvalue weighted by molar-refractivity contribution is 7.90. The molecule has 1 aromatic carbocycles. The maximum atomic E-state index is 12.4. The van der Waals surface area contributed by atoms with Crippen molar-refractivity contribution >= 4 is 28.2 Å². The Morgan fingerprint density at radius 2 is 1.95 bits per heavy atom. The molecule has 1 atom stereocenters. The highest BCUT2D eigenvalue weighted by Gasteiger charge is 2.23. The van der Waals surface area contributed by atoms with Crippen LogP contribution in [-0.4, -0.2) is 45.1 Å². The molecule has 7 heteroatoms. The first kappa shape index (κ1) is 17.9. The number of nitrogens with zero attached hydrogens (tertiary/aromatic N) is 1. The van der Waals surface area contributed by atoms with Crippen molar-refractivity contribution in [3.8, 4) is 0 Å². The average Bonchev–Trinajstić information content (AvgIpc) is 2.46. The van der Waals surface area contributed by atoms with Gasteiger partial charge in [0.05, 0.1) is 4.90 Å². The van der Waals surface area contributed by atoms with Crippen molar-refractivity contribution in [2.75, 3.05) is 25.9 Å². The summed E-state index contributed by atoms with van der Waals surface area (Å²) < 4.78 is 22.8. The molecule has 2 N–H and O–H groups in total. The van der Waals surface area contributed by atoms with E-state index in [0.717, 1.165) is 25.6 Å². The molecule has 1 fully saturated rings. The molecule has 1 aliphatic heterocycles. The van der Waals surface area contributed by atoms with Crippen LogP contribution in [0.25, 0.3) is 0 Å². The molecule has 0 aromatic heterocycles. The zero-order valence-corrected chi connectivity index (χ0v) is 13.6. The van der Waals surface area contributed by atoms with Crippen molar-refractivity contribution in [1.29, 1.82) is 0 Å². The molecule has 1 heterocycles. The van der Waals surface area contributed by atoms with Crippen molar-refractivity contribution in [2.24, 2.45) is 11.7 Å². The molecule has 2 rings (SSSR count). The Hall–Kier alpha value is -1.11. The first-order chi connectivity index (χ1) is 9.41.